The molecule has 1 heterocycles. The zero-order valence-corrected chi connectivity index (χ0v) is 16.0. The highest BCUT2D eigenvalue weighted by Crippen LogP contribution is 2.35. The van der Waals surface area contributed by atoms with Crippen molar-refractivity contribution in [2.24, 2.45) is 0 Å². The highest BCUT2D eigenvalue weighted by Gasteiger charge is 2.31. The first-order valence-corrected chi connectivity index (χ1v) is 9.16. The maximum absolute atomic E-state index is 14.5. The molecule has 2 aromatic carbocycles. The summed E-state index contributed by atoms with van der Waals surface area (Å²) in [6.45, 7) is 1.21. The molecule has 0 fully saturated rings. The van der Waals surface area contributed by atoms with Crippen LogP contribution in [-0.4, -0.2) is 35.7 Å². The monoisotopic (exact) mass is 402 g/mol. The number of nitrogens with one attached hydrogen (secondary N) is 1. The number of sulfonamides is 1. The van der Waals surface area contributed by atoms with Crippen LogP contribution >= 0.6 is 12.4 Å². The molecule has 1 aliphatic heterocycles. The van der Waals surface area contributed by atoms with Crippen molar-refractivity contribution in [3.63, 3.8) is 0 Å². The molecule has 0 aliphatic carbocycles. The molecule has 26 heavy (non-hydrogen) atoms. The van der Waals surface area contributed by atoms with Gasteiger partial charge in [0.1, 0.15) is 10.7 Å². The Labute approximate surface area is 158 Å². The topological polar surface area (TPSA) is 67.9 Å². The fraction of sp³-hybridized carbons (Fsp3) is 0.294. The third-order valence-electron chi connectivity index (χ3n) is 4.07. The van der Waals surface area contributed by atoms with Gasteiger partial charge in [-0.15, -0.1) is 12.4 Å². The first kappa shape index (κ1) is 20.3. The van der Waals surface area contributed by atoms with Crippen molar-refractivity contribution < 1.29 is 22.3 Å². The van der Waals surface area contributed by atoms with Gasteiger partial charge in [0, 0.05) is 31.8 Å². The molecule has 0 saturated carbocycles. The predicted octanol–water partition coefficient (Wildman–Crippen LogP) is 2.56. The average Bonchev–Trinajstić information content (AvgIpc) is 2.84. The van der Waals surface area contributed by atoms with Crippen molar-refractivity contribution in [1.82, 2.24) is 5.32 Å². The summed E-state index contributed by atoms with van der Waals surface area (Å²) < 4.78 is 52.2. The van der Waals surface area contributed by atoms with Gasteiger partial charge in [-0.25, -0.2) is 12.8 Å². The van der Waals surface area contributed by atoms with Gasteiger partial charge in [0.15, 0.2) is 11.5 Å². The van der Waals surface area contributed by atoms with Crippen molar-refractivity contribution in [1.29, 1.82) is 0 Å². The van der Waals surface area contributed by atoms with Crippen LogP contribution in [-0.2, 0) is 16.6 Å². The van der Waals surface area contributed by atoms with Crippen molar-refractivity contribution in [2.75, 3.05) is 31.6 Å². The molecule has 0 radical (unpaired) electrons. The summed E-state index contributed by atoms with van der Waals surface area (Å²) in [5, 5.41) is 3.17. The van der Waals surface area contributed by atoms with Crippen LogP contribution in [0.4, 0.5) is 10.1 Å². The molecule has 1 N–H and O–H groups in total. The maximum atomic E-state index is 14.5. The normalized spacial score (nSPS) is 14.0. The summed E-state index contributed by atoms with van der Waals surface area (Å²) in [5.74, 6) is -0.590. The number of fused-ring (bicyclic) bond motifs is 1. The largest absolute Gasteiger partial charge is 0.493 e. The minimum Gasteiger partial charge on any atom is -0.493 e. The van der Waals surface area contributed by atoms with E-state index in [1.54, 1.807) is 12.1 Å². The van der Waals surface area contributed by atoms with Crippen LogP contribution in [0.15, 0.2) is 41.3 Å². The van der Waals surface area contributed by atoms with E-state index < -0.39 is 20.7 Å². The van der Waals surface area contributed by atoms with Gasteiger partial charge in [-0.1, -0.05) is 18.2 Å². The van der Waals surface area contributed by atoms with Gasteiger partial charge in [0.2, 0.25) is 0 Å². The molecular weight excluding hydrogens is 383 g/mol. The number of halogens is 2. The fourth-order valence-corrected chi connectivity index (χ4v) is 4.40. The molecule has 0 atom stereocenters. The Kier molecular flexibility index (Phi) is 6.33. The van der Waals surface area contributed by atoms with Crippen LogP contribution < -0.4 is 19.1 Å². The van der Waals surface area contributed by atoms with Crippen molar-refractivity contribution in [2.45, 2.75) is 11.4 Å². The van der Waals surface area contributed by atoms with Crippen molar-refractivity contribution >= 4 is 28.1 Å². The number of nitrogens with zero attached hydrogens (tertiary/aromatic N) is 1. The first-order valence-electron chi connectivity index (χ1n) is 7.72. The summed E-state index contributed by atoms with van der Waals surface area (Å²) in [6.07, 6.45) is 0. The third kappa shape index (κ3) is 3.58. The quantitative estimate of drug-likeness (QED) is 0.851. The molecule has 9 heteroatoms. The van der Waals surface area contributed by atoms with E-state index in [1.165, 1.54) is 18.5 Å². The van der Waals surface area contributed by atoms with Gasteiger partial charge in [-0.3, -0.25) is 4.31 Å². The molecule has 0 bridgehead atoms. The molecule has 3 rings (SSSR count). The smallest absolute Gasteiger partial charge is 0.267 e. The van der Waals surface area contributed by atoms with E-state index in [0.29, 0.717) is 18.8 Å². The average molecular weight is 403 g/mol. The molecule has 2 aromatic rings. The van der Waals surface area contributed by atoms with Gasteiger partial charge in [-0.2, -0.15) is 0 Å². The second kappa shape index (κ2) is 8.11. The van der Waals surface area contributed by atoms with Gasteiger partial charge in [0.05, 0.1) is 19.9 Å². The van der Waals surface area contributed by atoms with E-state index in [2.05, 4.69) is 5.32 Å². The maximum Gasteiger partial charge on any atom is 0.267 e. The Morgan fingerprint density at radius 2 is 1.77 bits per heavy atom. The Balaban J connectivity index is 0.00000243. The van der Waals surface area contributed by atoms with E-state index in [9.17, 15) is 12.8 Å². The minimum absolute atomic E-state index is 0. The van der Waals surface area contributed by atoms with Crippen LogP contribution in [0.5, 0.6) is 11.5 Å². The zero-order chi connectivity index (χ0) is 18.0. The number of para-hydroxylation sites is 1. The summed E-state index contributed by atoms with van der Waals surface area (Å²) in [5.41, 5.74) is 1.38. The van der Waals surface area contributed by atoms with Gasteiger partial charge in [-0.05, 0) is 11.6 Å². The second-order valence-corrected chi connectivity index (χ2v) is 7.35. The molecule has 1 aliphatic rings. The predicted molar refractivity (Wildman–Crippen MR) is 99.4 cm³/mol. The van der Waals surface area contributed by atoms with Crippen LogP contribution in [0.1, 0.15) is 5.56 Å². The molecular formula is C17H20ClFN2O4S. The third-order valence-corrected chi connectivity index (χ3v) is 5.90. The molecule has 0 amide bonds. The number of anilines is 1. The van der Waals surface area contributed by atoms with Gasteiger partial charge < -0.3 is 14.8 Å². The molecule has 0 spiro atoms. The fourth-order valence-electron chi connectivity index (χ4n) is 2.83. The van der Waals surface area contributed by atoms with Crippen LogP contribution in [0.3, 0.4) is 0 Å². The summed E-state index contributed by atoms with van der Waals surface area (Å²) in [7, 11) is -1.37. The lowest BCUT2D eigenvalue weighted by molar-refractivity contribution is 0.350. The molecule has 0 unspecified atom stereocenters. The van der Waals surface area contributed by atoms with Crippen molar-refractivity contribution in [3.8, 4) is 11.5 Å². The molecule has 6 nitrogen and oxygen atoms in total. The lowest BCUT2D eigenvalue weighted by atomic mass is 10.2. The Bertz CT molecular complexity index is 892. The van der Waals surface area contributed by atoms with E-state index in [0.717, 1.165) is 17.7 Å². The van der Waals surface area contributed by atoms with Crippen LogP contribution in [0.2, 0.25) is 0 Å². The van der Waals surface area contributed by atoms with Gasteiger partial charge in [0.25, 0.3) is 10.0 Å². The Morgan fingerprint density at radius 1 is 1.12 bits per heavy atom. The van der Waals surface area contributed by atoms with E-state index in [4.69, 9.17) is 9.47 Å². The molecule has 0 aromatic heterocycles. The number of hydrogen-bond acceptors (Lipinski definition) is 5. The summed E-state index contributed by atoms with van der Waals surface area (Å²) in [6, 6.07) is 9.35. The number of methoxy groups -OCH3 is 2. The molecule has 0 saturated heterocycles. The molecule has 142 valence electrons. The first-order chi connectivity index (χ1) is 12.0. The Hall–Kier alpha value is -2.03. The second-order valence-electron chi connectivity index (χ2n) is 5.52. The highest BCUT2D eigenvalue weighted by molar-refractivity contribution is 7.92. The van der Waals surface area contributed by atoms with Crippen molar-refractivity contribution in [3.05, 3.63) is 47.8 Å². The summed E-state index contributed by atoms with van der Waals surface area (Å²) in [4.78, 5) is -0.443. The van der Waals surface area contributed by atoms with E-state index in [-0.39, 0.29) is 30.5 Å². The number of benzene rings is 2. The van der Waals surface area contributed by atoms with E-state index in [1.807, 2.05) is 12.1 Å². The van der Waals surface area contributed by atoms with Gasteiger partial charge >= 0.3 is 0 Å². The number of ether oxygens (including phenoxy) is 2. The Morgan fingerprint density at radius 3 is 2.46 bits per heavy atom. The lowest BCUT2D eigenvalue weighted by Gasteiger charge is -2.24. The minimum atomic E-state index is -4.10. The SMILES string of the molecule is COc1cc(F)c(S(=O)(=O)N2CCNCc3ccccc32)cc1OC.Cl. The number of hydrogen-bond donors (Lipinski definition) is 1. The highest BCUT2D eigenvalue weighted by atomic mass is 35.5. The van der Waals surface area contributed by atoms with Crippen LogP contribution in [0.25, 0.3) is 0 Å². The number of rotatable bonds is 4. The zero-order valence-electron chi connectivity index (χ0n) is 14.4. The summed E-state index contributed by atoms with van der Waals surface area (Å²) >= 11 is 0. The van der Waals surface area contributed by atoms with E-state index >= 15 is 0 Å². The van der Waals surface area contributed by atoms with Crippen LogP contribution in [0, 0.1) is 5.82 Å². The standard InChI is InChI=1S/C17H19FN2O4S.ClH/c1-23-15-9-13(18)17(10-16(15)24-2)25(21,22)20-8-7-19-11-12-5-3-4-6-14(12)20;/h3-6,9-10,19H,7-8,11H2,1-2H3;1H. The lowest BCUT2D eigenvalue weighted by Crippen LogP contribution is -2.35.